The Labute approximate surface area is 230 Å². The molecule has 2 amide bonds. The van der Waals surface area contributed by atoms with Gasteiger partial charge in [-0.1, -0.05) is 12.1 Å². The minimum Gasteiger partial charge on any atom is -0.371 e. The van der Waals surface area contributed by atoms with Gasteiger partial charge in [-0.2, -0.15) is 18.3 Å². The van der Waals surface area contributed by atoms with Crippen LogP contribution in [0.25, 0.3) is 22.0 Å². The van der Waals surface area contributed by atoms with E-state index in [4.69, 9.17) is 0 Å². The maximum atomic E-state index is 14.0. The molecule has 0 unspecified atom stereocenters. The Hall–Kier alpha value is -4.12. The molecule has 1 aliphatic rings. The molecule has 0 atom stereocenters. The summed E-state index contributed by atoms with van der Waals surface area (Å²) in [6.45, 7) is 3.62. The quantitative estimate of drug-likeness (QED) is 0.312. The fourth-order valence-electron chi connectivity index (χ4n) is 5.38. The first-order valence-electron chi connectivity index (χ1n) is 13.1. The van der Waals surface area contributed by atoms with E-state index in [9.17, 15) is 18.0 Å². The number of fused-ring (bicyclic) bond motifs is 1. The van der Waals surface area contributed by atoms with E-state index in [0.717, 1.165) is 59.7 Å². The number of halogens is 3. The van der Waals surface area contributed by atoms with Gasteiger partial charge < -0.3 is 20.4 Å². The number of anilines is 3. The van der Waals surface area contributed by atoms with Crippen LogP contribution < -0.4 is 15.5 Å². The molecule has 1 aliphatic heterocycles. The number of nitrogens with zero attached hydrogens (tertiary/aromatic N) is 5. The normalized spacial score (nSPS) is 14.9. The van der Waals surface area contributed by atoms with E-state index in [1.807, 2.05) is 33.2 Å². The summed E-state index contributed by atoms with van der Waals surface area (Å²) in [5.74, 6) is 0. The molecule has 3 heterocycles. The second-order valence-electron chi connectivity index (χ2n) is 10.3. The number of alkyl halides is 3. The lowest BCUT2D eigenvalue weighted by Crippen LogP contribution is -2.42. The number of aryl methyl sites for hydroxylation is 2. The average molecular weight is 552 g/mol. The van der Waals surface area contributed by atoms with Crippen LogP contribution in [0.4, 0.5) is 35.0 Å². The third-order valence-corrected chi connectivity index (χ3v) is 7.57. The number of hydrogen-bond acceptors (Lipinski definition) is 5. The van der Waals surface area contributed by atoms with Crippen LogP contribution >= 0.6 is 0 Å². The van der Waals surface area contributed by atoms with Crippen molar-refractivity contribution < 1.29 is 18.0 Å². The predicted octanol–water partition coefficient (Wildman–Crippen LogP) is 6.14. The van der Waals surface area contributed by atoms with Crippen LogP contribution in [0.1, 0.15) is 24.1 Å². The first-order valence-corrected chi connectivity index (χ1v) is 13.1. The molecule has 8 nitrogen and oxygen atoms in total. The van der Waals surface area contributed by atoms with E-state index < -0.39 is 17.8 Å². The van der Waals surface area contributed by atoms with Gasteiger partial charge in [-0.15, -0.1) is 0 Å². The molecule has 11 heteroatoms. The fraction of sp³-hybridized carbons (Fsp3) is 0.345. The highest BCUT2D eigenvalue weighted by Crippen LogP contribution is 2.39. The van der Waals surface area contributed by atoms with Gasteiger partial charge in [0.05, 0.1) is 23.0 Å². The highest BCUT2D eigenvalue weighted by atomic mass is 19.4. The van der Waals surface area contributed by atoms with Crippen molar-refractivity contribution in [2.24, 2.45) is 7.05 Å². The topological polar surface area (TPSA) is 78.3 Å². The number of urea groups is 1. The van der Waals surface area contributed by atoms with Crippen molar-refractivity contribution in [2.45, 2.75) is 32.0 Å². The number of carbonyl (C=O) groups excluding carboxylic acids is 1. The van der Waals surface area contributed by atoms with Gasteiger partial charge >= 0.3 is 12.2 Å². The number of rotatable bonds is 5. The highest BCUT2D eigenvalue weighted by Gasteiger charge is 2.36. The summed E-state index contributed by atoms with van der Waals surface area (Å²) < 4.78 is 43.9. The molecule has 0 saturated carbocycles. The second kappa shape index (κ2) is 10.8. The lowest BCUT2D eigenvalue weighted by Gasteiger charge is -2.37. The Bertz CT molecular complexity index is 1520. The molecule has 2 N–H and O–H groups in total. The molecular weight excluding hydrogens is 519 g/mol. The molecule has 40 heavy (non-hydrogen) atoms. The smallest absolute Gasteiger partial charge is 0.371 e. The summed E-state index contributed by atoms with van der Waals surface area (Å²) in [5, 5.41) is 10.7. The Balaban J connectivity index is 1.30. The minimum absolute atomic E-state index is 0.0206. The summed E-state index contributed by atoms with van der Waals surface area (Å²) in [7, 11) is 5.58. The number of amides is 2. The van der Waals surface area contributed by atoms with Crippen LogP contribution in [0, 0.1) is 6.92 Å². The van der Waals surface area contributed by atoms with Crippen LogP contribution in [0.3, 0.4) is 0 Å². The maximum absolute atomic E-state index is 14.0. The van der Waals surface area contributed by atoms with Crippen molar-refractivity contribution >= 4 is 34.0 Å². The largest absolute Gasteiger partial charge is 0.418 e. The van der Waals surface area contributed by atoms with E-state index in [1.165, 1.54) is 12.1 Å². The molecule has 210 valence electrons. The van der Waals surface area contributed by atoms with E-state index in [1.54, 1.807) is 41.2 Å². The number of likely N-dealkylation sites (tertiary alicyclic amines) is 1. The first-order chi connectivity index (χ1) is 19.0. The molecule has 0 bridgehead atoms. The predicted molar refractivity (Wildman–Crippen MR) is 152 cm³/mol. The van der Waals surface area contributed by atoms with E-state index in [0.29, 0.717) is 5.69 Å². The summed E-state index contributed by atoms with van der Waals surface area (Å²) >= 11 is 0. The van der Waals surface area contributed by atoms with Gasteiger partial charge in [-0.05, 0) is 75.8 Å². The van der Waals surface area contributed by atoms with Crippen molar-refractivity contribution in [3.05, 3.63) is 66.1 Å². The van der Waals surface area contributed by atoms with Crippen LogP contribution in [-0.2, 0) is 13.2 Å². The third kappa shape index (κ3) is 5.60. The fourth-order valence-corrected chi connectivity index (χ4v) is 5.38. The molecular formula is C29H32F3N7O. The van der Waals surface area contributed by atoms with Crippen molar-refractivity contribution in [1.29, 1.82) is 0 Å². The molecule has 1 saturated heterocycles. The average Bonchev–Trinajstić information content (AvgIpc) is 3.22. The highest BCUT2D eigenvalue weighted by molar-refractivity contribution is 6.00. The zero-order valence-electron chi connectivity index (χ0n) is 22.9. The molecule has 2 aromatic heterocycles. The van der Waals surface area contributed by atoms with Gasteiger partial charge in [0.25, 0.3) is 0 Å². The summed E-state index contributed by atoms with van der Waals surface area (Å²) in [4.78, 5) is 20.9. The van der Waals surface area contributed by atoms with E-state index in [-0.39, 0.29) is 17.4 Å². The van der Waals surface area contributed by atoms with Crippen molar-refractivity contribution in [3.8, 4) is 11.1 Å². The van der Waals surface area contributed by atoms with Gasteiger partial charge in [0, 0.05) is 54.3 Å². The Kier molecular flexibility index (Phi) is 7.41. The van der Waals surface area contributed by atoms with Gasteiger partial charge in [0.15, 0.2) is 0 Å². The number of piperidine rings is 1. The van der Waals surface area contributed by atoms with Crippen LogP contribution in [-0.4, -0.2) is 58.9 Å². The lowest BCUT2D eigenvalue weighted by atomic mass is 10.0. The number of aromatic nitrogens is 3. The summed E-state index contributed by atoms with van der Waals surface area (Å²) in [5.41, 5.74) is 3.52. The summed E-state index contributed by atoms with van der Waals surface area (Å²) in [6, 6.07) is 10.5. The molecule has 0 aliphatic carbocycles. The molecule has 4 aromatic rings. The lowest BCUT2D eigenvalue weighted by molar-refractivity contribution is -0.137. The zero-order chi connectivity index (χ0) is 28.6. The van der Waals surface area contributed by atoms with Crippen molar-refractivity contribution in [2.75, 3.05) is 42.7 Å². The third-order valence-electron chi connectivity index (χ3n) is 7.57. The Morgan fingerprint density at radius 1 is 1.00 bits per heavy atom. The number of benzene rings is 2. The number of hydrogen-bond donors (Lipinski definition) is 2. The molecule has 0 radical (unpaired) electrons. The van der Waals surface area contributed by atoms with E-state index >= 15 is 0 Å². The monoisotopic (exact) mass is 551 g/mol. The van der Waals surface area contributed by atoms with Crippen LogP contribution in [0.5, 0.6) is 0 Å². The van der Waals surface area contributed by atoms with Crippen molar-refractivity contribution in [3.63, 3.8) is 0 Å². The number of nitrogens with one attached hydrogen (secondary N) is 2. The number of carbonyl (C=O) groups is 1. The molecule has 1 fully saturated rings. The summed E-state index contributed by atoms with van der Waals surface area (Å²) in [6.07, 6.45) is 0.558. The Morgan fingerprint density at radius 2 is 1.65 bits per heavy atom. The zero-order valence-corrected chi connectivity index (χ0v) is 22.9. The van der Waals surface area contributed by atoms with Crippen LogP contribution in [0.15, 0.2) is 54.9 Å². The molecule has 5 rings (SSSR count). The standard InChI is InChI=1S/C29H32F3N7O/c1-18-27-23(16-33-17-26(27)39(4)36-18)19-5-7-20(8-6-19)34-28(40)35-21-9-10-25(24(15-21)29(30,31)32)38(3)22-11-13-37(2)14-12-22/h5-10,15-17,22H,11-14H2,1-4H3,(H2,34,35,40). The van der Waals surface area contributed by atoms with Gasteiger partial charge in [0.2, 0.25) is 0 Å². The Morgan fingerprint density at radius 3 is 2.33 bits per heavy atom. The van der Waals surface area contributed by atoms with E-state index in [2.05, 4.69) is 25.6 Å². The first kappa shape index (κ1) is 27.4. The van der Waals surface area contributed by atoms with Crippen molar-refractivity contribution in [1.82, 2.24) is 19.7 Å². The van der Waals surface area contributed by atoms with Gasteiger partial charge in [-0.3, -0.25) is 9.67 Å². The second-order valence-corrected chi connectivity index (χ2v) is 10.3. The SMILES string of the molecule is Cc1nn(C)c2cncc(-c3ccc(NC(=O)Nc4ccc(N(C)C5CCN(C)CC5)c(C(F)(F)F)c4)cc3)c12. The van der Waals surface area contributed by atoms with Gasteiger partial charge in [-0.25, -0.2) is 4.79 Å². The molecule has 0 spiro atoms. The minimum atomic E-state index is -4.57. The van der Waals surface area contributed by atoms with Crippen LogP contribution in [0.2, 0.25) is 0 Å². The molecule has 2 aromatic carbocycles. The number of pyridine rings is 1. The van der Waals surface area contributed by atoms with Gasteiger partial charge in [0.1, 0.15) is 0 Å². The maximum Gasteiger partial charge on any atom is 0.418 e.